The number of rotatable bonds is 13. The number of hydrogen-bond donors (Lipinski definition) is 2. The van der Waals surface area contributed by atoms with E-state index in [1.807, 2.05) is 49.4 Å². The van der Waals surface area contributed by atoms with Crippen LogP contribution in [0, 0.1) is 5.92 Å². The average Bonchev–Trinajstić information content (AvgIpc) is 3.64. The van der Waals surface area contributed by atoms with Gasteiger partial charge in [-0.2, -0.15) is 0 Å². The van der Waals surface area contributed by atoms with Gasteiger partial charge in [0.05, 0.1) is 45.6 Å². The van der Waals surface area contributed by atoms with Gasteiger partial charge in [-0.1, -0.05) is 49.4 Å². The zero-order chi connectivity index (χ0) is 41.4. The average molecular weight is 805 g/mol. The number of pyridine rings is 2. The molecule has 13 nitrogen and oxygen atoms in total. The lowest BCUT2D eigenvalue weighted by molar-refractivity contribution is -0.150. The van der Waals surface area contributed by atoms with Gasteiger partial charge in [-0.05, 0) is 78.8 Å². The monoisotopic (exact) mass is 804 g/mol. The van der Waals surface area contributed by atoms with Crippen molar-refractivity contribution in [1.82, 2.24) is 14.0 Å². The van der Waals surface area contributed by atoms with Crippen molar-refractivity contribution in [3.8, 4) is 22.9 Å². The Morgan fingerprint density at radius 3 is 2.02 bits per heavy atom. The van der Waals surface area contributed by atoms with Crippen LogP contribution in [0.1, 0.15) is 30.0 Å². The second kappa shape index (κ2) is 16.2. The second-order valence-corrected chi connectivity index (χ2v) is 19.3. The molecule has 5 aromatic rings. The number of aliphatic hydroxyl groups is 1. The van der Waals surface area contributed by atoms with Crippen LogP contribution in [0.25, 0.3) is 11.4 Å². The molecule has 2 aliphatic heterocycles. The molecule has 302 valence electrons. The highest BCUT2D eigenvalue weighted by atomic mass is 28.4. The van der Waals surface area contributed by atoms with E-state index < -0.39 is 31.5 Å². The maximum Gasteiger partial charge on any atom is 0.297 e. The number of benzene rings is 3. The number of fused-ring (bicyclic) bond motifs is 2. The Bertz CT molecular complexity index is 2430. The fourth-order valence-corrected chi connectivity index (χ4v) is 11.3. The molecule has 0 radical (unpaired) electrons. The molecule has 2 amide bonds. The molecule has 7 rings (SSSR count). The number of aromatic nitrogens is 2. The molecule has 3 aromatic carbocycles. The first-order valence-corrected chi connectivity index (χ1v) is 22.2. The molecule has 58 heavy (non-hydrogen) atoms. The van der Waals surface area contributed by atoms with Crippen LogP contribution in [-0.2, 0) is 33.0 Å². The van der Waals surface area contributed by atoms with E-state index in [1.165, 1.54) is 23.4 Å². The van der Waals surface area contributed by atoms with E-state index >= 15 is 4.79 Å². The largest absolute Gasteiger partial charge is 0.491 e. The van der Waals surface area contributed by atoms with Gasteiger partial charge in [-0.25, -0.2) is 0 Å². The van der Waals surface area contributed by atoms with Gasteiger partial charge in [-0.3, -0.25) is 28.3 Å². The van der Waals surface area contributed by atoms with Crippen LogP contribution in [0.3, 0.4) is 0 Å². The molecule has 0 bridgehead atoms. The molecule has 1 fully saturated rings. The van der Waals surface area contributed by atoms with Crippen molar-refractivity contribution in [2.75, 3.05) is 32.3 Å². The molecule has 1 saturated heterocycles. The minimum Gasteiger partial charge on any atom is -0.491 e. The van der Waals surface area contributed by atoms with E-state index in [-0.39, 0.29) is 67.1 Å². The summed E-state index contributed by atoms with van der Waals surface area (Å²) in [6, 6.07) is 28.7. The summed E-state index contributed by atoms with van der Waals surface area (Å²) in [5.74, 6) is -0.858. The van der Waals surface area contributed by atoms with Gasteiger partial charge in [0.2, 0.25) is 5.91 Å². The number of hydrogen-bond acceptors (Lipinski definition) is 9. The summed E-state index contributed by atoms with van der Waals surface area (Å²) in [7, 11) is -0.290. The topological polar surface area (TPSA) is 153 Å². The van der Waals surface area contributed by atoms with Gasteiger partial charge >= 0.3 is 0 Å². The predicted molar refractivity (Wildman–Crippen MR) is 221 cm³/mol. The second-order valence-electron chi connectivity index (χ2n) is 15.4. The summed E-state index contributed by atoms with van der Waals surface area (Å²) in [6.45, 7) is 5.77. The predicted octanol–water partition coefficient (Wildman–Crippen LogP) is 4.76. The molecule has 4 heterocycles. The van der Waals surface area contributed by atoms with Crippen molar-refractivity contribution < 1.29 is 33.7 Å². The van der Waals surface area contributed by atoms with Crippen LogP contribution in [-0.4, -0.2) is 77.5 Å². The maximum atomic E-state index is 15.3. The summed E-state index contributed by atoms with van der Waals surface area (Å²) in [4.78, 5) is 70.9. The molecule has 2 aromatic heterocycles. The Hall–Kier alpha value is -5.80. The first-order chi connectivity index (χ1) is 27.8. The molecule has 0 saturated carbocycles. The van der Waals surface area contributed by atoms with E-state index in [2.05, 4.69) is 0 Å². The molecular weight excluding hydrogens is 757 g/mol. The van der Waals surface area contributed by atoms with Gasteiger partial charge in [0.15, 0.2) is 25.4 Å². The zero-order valence-corrected chi connectivity index (χ0v) is 34.2. The minimum atomic E-state index is -3.16. The van der Waals surface area contributed by atoms with Crippen LogP contribution >= 0.6 is 0 Å². The fourth-order valence-electron chi connectivity index (χ4n) is 8.70. The van der Waals surface area contributed by atoms with Crippen LogP contribution in [0.4, 0.5) is 5.69 Å². The maximum absolute atomic E-state index is 15.3. The molecule has 1 spiro atoms. The van der Waals surface area contributed by atoms with Crippen LogP contribution in [0.5, 0.6) is 11.5 Å². The molecule has 4 atom stereocenters. The van der Waals surface area contributed by atoms with E-state index in [9.17, 15) is 24.3 Å². The van der Waals surface area contributed by atoms with Gasteiger partial charge < -0.3 is 33.9 Å². The minimum absolute atomic E-state index is 0.102. The van der Waals surface area contributed by atoms with Crippen molar-refractivity contribution in [2.45, 2.75) is 56.8 Å². The molecule has 2 N–H and O–H groups in total. The van der Waals surface area contributed by atoms with Gasteiger partial charge in [0, 0.05) is 53.9 Å². The smallest absolute Gasteiger partial charge is 0.297 e. The first-order valence-electron chi connectivity index (χ1n) is 19.2. The quantitative estimate of drug-likeness (QED) is 0.161. The number of aliphatic hydroxyl groups excluding tert-OH is 1. The molecule has 0 unspecified atom stereocenters. The van der Waals surface area contributed by atoms with Crippen molar-refractivity contribution >= 4 is 25.8 Å². The third-order valence-corrected chi connectivity index (χ3v) is 13.9. The molecule has 14 heteroatoms. The van der Waals surface area contributed by atoms with E-state index in [0.29, 0.717) is 22.6 Å². The molecular formula is C44H48N4O9Si. The Morgan fingerprint density at radius 2 is 1.43 bits per heavy atom. The highest BCUT2D eigenvalue weighted by Crippen LogP contribution is 2.60. The van der Waals surface area contributed by atoms with E-state index in [4.69, 9.17) is 14.2 Å². The lowest BCUT2D eigenvalue weighted by Gasteiger charge is -2.32. The third-order valence-electron chi connectivity index (χ3n) is 11.4. The van der Waals surface area contributed by atoms with Crippen molar-refractivity contribution in [3.05, 3.63) is 147 Å². The van der Waals surface area contributed by atoms with Crippen molar-refractivity contribution in [3.63, 3.8) is 0 Å². The van der Waals surface area contributed by atoms with E-state index in [1.54, 1.807) is 89.9 Å². The lowest BCUT2D eigenvalue weighted by Crippen LogP contribution is -2.46. The summed E-state index contributed by atoms with van der Waals surface area (Å²) in [5.41, 5.74) is 0.994. The summed E-state index contributed by atoms with van der Waals surface area (Å²) < 4.78 is 20.5. The Morgan fingerprint density at radius 1 is 0.828 bits per heavy atom. The Labute approximate surface area is 337 Å². The number of anilines is 1. The number of nitrogens with zero attached hydrogens (tertiary/aromatic N) is 4. The molecule has 2 aliphatic rings. The number of carbonyl (C=O) groups excluding carboxylic acids is 2. The molecule has 0 aliphatic carbocycles. The zero-order valence-electron chi connectivity index (χ0n) is 33.2. The van der Waals surface area contributed by atoms with Crippen LogP contribution in [0.2, 0.25) is 18.6 Å². The first kappa shape index (κ1) is 40.4. The highest BCUT2D eigenvalue weighted by molar-refractivity contribution is 6.71. The Balaban J connectivity index is 1.29. The normalized spacial score (nSPS) is 20.0. The van der Waals surface area contributed by atoms with Crippen LogP contribution in [0.15, 0.2) is 119 Å². The number of methoxy groups -OCH3 is 2. The summed E-state index contributed by atoms with van der Waals surface area (Å²) >= 11 is 0. The number of ether oxygens (including phenoxy) is 3. The highest BCUT2D eigenvalue weighted by Gasteiger charge is 2.66. The standard InChI is InChI=1S/C44H48N4O9Si/c1-29-40(58(4,5)54)38(26-39(50)45(23-24-49)27-30-11-7-6-8-12-30)57-44(29)34-25-33(47-22-10-14-37(56-3)42(47)52)19-20-35(34)48(43(44)53)28-31-15-17-32(18-16-31)46-21-9-13-36(55-2)41(46)51/h6-22,25,29,38,40,49,54H,23-24,26-28H2,1-5H3/t29-,38+,40-,44+/m1/s1. The summed E-state index contributed by atoms with van der Waals surface area (Å²) in [6.07, 6.45) is 2.32. The number of carbonyl (C=O) groups is 2. The summed E-state index contributed by atoms with van der Waals surface area (Å²) in [5, 5.41) is 9.93. The van der Waals surface area contributed by atoms with Gasteiger partial charge in [0.25, 0.3) is 17.0 Å². The third kappa shape index (κ3) is 7.28. The fraction of sp³-hybridized carbons (Fsp3) is 0.318. The van der Waals surface area contributed by atoms with Crippen molar-refractivity contribution in [1.29, 1.82) is 0 Å². The van der Waals surface area contributed by atoms with Gasteiger partial charge in [-0.15, -0.1) is 0 Å². The lowest BCUT2D eigenvalue weighted by atomic mass is 9.82. The van der Waals surface area contributed by atoms with Gasteiger partial charge in [0.1, 0.15) is 0 Å². The Kier molecular flexibility index (Phi) is 11.3. The van der Waals surface area contributed by atoms with Crippen molar-refractivity contribution in [2.24, 2.45) is 5.92 Å². The van der Waals surface area contributed by atoms with E-state index in [0.717, 1.165) is 11.1 Å². The number of amides is 2. The van der Waals surface area contributed by atoms with Crippen LogP contribution < -0.4 is 25.5 Å². The SMILES string of the molecule is COc1cccn(-c2ccc(CN3C(=O)[C@@]4(O[C@@H](CC(=O)N(CCO)Cc5ccccc5)[C@H]([Si](C)(C)O)[C@H]4C)c4cc(-n5cccc(OC)c5=O)ccc43)cc2)c1=O.